The van der Waals surface area contributed by atoms with Crippen LogP contribution in [0.1, 0.15) is 69.5 Å². The van der Waals surface area contributed by atoms with E-state index in [1.54, 1.807) is 32.9 Å². The lowest BCUT2D eigenvalue weighted by molar-refractivity contribution is -0.122. The summed E-state index contributed by atoms with van der Waals surface area (Å²) in [6.07, 6.45) is 1.48. The van der Waals surface area contributed by atoms with Crippen LogP contribution in [0.5, 0.6) is 5.88 Å². The summed E-state index contributed by atoms with van der Waals surface area (Å²) < 4.78 is 25.8. The lowest BCUT2D eigenvalue weighted by atomic mass is 9.86. The zero-order valence-corrected chi connectivity index (χ0v) is 20.6. The molecule has 4 rings (SSSR count). The smallest absolute Gasteiger partial charge is 0.411 e. The minimum Gasteiger partial charge on any atom is -0.481 e. The molecular weight excluding hydrogens is 437 g/mol. The van der Waals surface area contributed by atoms with Crippen molar-refractivity contribution in [3.05, 3.63) is 52.5 Å². The highest BCUT2D eigenvalue weighted by molar-refractivity contribution is 5.98. The van der Waals surface area contributed by atoms with Crippen LogP contribution in [-0.4, -0.2) is 41.1 Å². The van der Waals surface area contributed by atoms with Crippen LogP contribution in [0.25, 0.3) is 0 Å². The molecule has 2 aliphatic rings. The predicted octanol–water partition coefficient (Wildman–Crippen LogP) is 4.93. The number of hydrogen-bond donors (Lipinski definition) is 1. The third-order valence-corrected chi connectivity index (χ3v) is 6.40. The van der Waals surface area contributed by atoms with E-state index in [2.05, 4.69) is 10.3 Å². The van der Waals surface area contributed by atoms with E-state index < -0.39 is 23.6 Å². The molecule has 2 amide bonds. The molecule has 0 unspecified atom stereocenters. The standard InChI is InChI=1S/C26H32FN3O4/c1-25(2,3)34-24(32)30-12-10-19-17(7-8-20(29-19)33-6)22(30)23(31)28-16-13-15-9-11-26(4,5)21(15)18(27)14-16/h7-8,13-14,22H,9-12H2,1-6H3,(H,28,31)/t22-/m1/s1. The Hall–Kier alpha value is -3.16. The molecule has 2 heterocycles. The average molecular weight is 470 g/mol. The monoisotopic (exact) mass is 469 g/mol. The number of amides is 2. The van der Waals surface area contributed by atoms with Gasteiger partial charge in [0.1, 0.15) is 17.5 Å². The molecule has 0 spiro atoms. The second-order valence-corrected chi connectivity index (χ2v) is 10.6. The number of nitrogens with one attached hydrogen (secondary N) is 1. The van der Waals surface area contributed by atoms with E-state index in [0.29, 0.717) is 34.8 Å². The van der Waals surface area contributed by atoms with Crippen LogP contribution in [0.15, 0.2) is 24.3 Å². The number of fused-ring (bicyclic) bond motifs is 2. The first-order chi connectivity index (χ1) is 15.9. The molecule has 1 aromatic carbocycles. The van der Waals surface area contributed by atoms with Gasteiger partial charge in [-0.15, -0.1) is 0 Å². The van der Waals surface area contributed by atoms with Crippen LogP contribution in [0.4, 0.5) is 14.9 Å². The first kappa shape index (κ1) is 24.0. The Morgan fingerprint density at radius 1 is 1.21 bits per heavy atom. The highest BCUT2D eigenvalue weighted by atomic mass is 19.1. The second-order valence-electron chi connectivity index (χ2n) is 10.6. The maximum atomic E-state index is 15.0. The molecule has 0 saturated carbocycles. The van der Waals surface area contributed by atoms with Crippen LogP contribution in [0.2, 0.25) is 0 Å². The molecule has 7 nitrogen and oxygen atoms in total. The highest BCUT2D eigenvalue weighted by Crippen LogP contribution is 2.41. The Labute approximate surface area is 199 Å². The van der Waals surface area contributed by atoms with Gasteiger partial charge in [-0.25, -0.2) is 14.2 Å². The number of halogens is 1. The number of pyridine rings is 1. The zero-order valence-electron chi connectivity index (χ0n) is 20.6. The zero-order chi connectivity index (χ0) is 24.8. The van der Waals surface area contributed by atoms with Gasteiger partial charge in [-0.1, -0.05) is 13.8 Å². The van der Waals surface area contributed by atoms with Gasteiger partial charge in [0.25, 0.3) is 5.91 Å². The van der Waals surface area contributed by atoms with Crippen molar-refractivity contribution in [2.75, 3.05) is 19.0 Å². The van der Waals surface area contributed by atoms with Crippen molar-refractivity contribution in [2.45, 2.75) is 70.9 Å². The molecule has 1 aromatic heterocycles. The molecular formula is C26H32FN3O4. The minimum absolute atomic E-state index is 0.234. The predicted molar refractivity (Wildman–Crippen MR) is 127 cm³/mol. The molecule has 0 saturated heterocycles. The van der Waals surface area contributed by atoms with Gasteiger partial charge in [0.05, 0.1) is 12.8 Å². The van der Waals surface area contributed by atoms with E-state index >= 15 is 0 Å². The Bertz CT molecular complexity index is 1140. The number of methoxy groups -OCH3 is 1. The number of hydrogen-bond acceptors (Lipinski definition) is 5. The van der Waals surface area contributed by atoms with Crippen LogP contribution in [-0.2, 0) is 27.8 Å². The Kier molecular flexibility index (Phi) is 6.04. The fraction of sp³-hybridized carbons (Fsp3) is 0.500. The van der Waals surface area contributed by atoms with Gasteiger partial charge in [0.15, 0.2) is 0 Å². The van der Waals surface area contributed by atoms with Gasteiger partial charge in [0.2, 0.25) is 5.88 Å². The van der Waals surface area contributed by atoms with Crippen molar-refractivity contribution in [1.29, 1.82) is 0 Å². The molecule has 1 N–H and O–H groups in total. The molecule has 34 heavy (non-hydrogen) atoms. The van der Waals surface area contributed by atoms with Crippen LogP contribution in [0, 0.1) is 5.82 Å². The summed E-state index contributed by atoms with van der Waals surface area (Å²) >= 11 is 0. The summed E-state index contributed by atoms with van der Waals surface area (Å²) in [4.78, 5) is 32.5. The molecule has 182 valence electrons. The number of benzene rings is 1. The van der Waals surface area contributed by atoms with Gasteiger partial charge in [-0.3, -0.25) is 9.69 Å². The maximum Gasteiger partial charge on any atom is 0.411 e. The molecule has 0 bridgehead atoms. The molecule has 2 aromatic rings. The summed E-state index contributed by atoms with van der Waals surface area (Å²) in [5, 5.41) is 2.84. The first-order valence-electron chi connectivity index (χ1n) is 11.6. The number of carbonyl (C=O) groups is 2. The maximum absolute atomic E-state index is 15.0. The van der Waals surface area contributed by atoms with E-state index in [0.717, 1.165) is 18.4 Å². The van der Waals surface area contributed by atoms with Crippen LogP contribution < -0.4 is 10.1 Å². The normalized spacial score (nSPS) is 18.7. The van der Waals surface area contributed by atoms with Crippen molar-refractivity contribution in [3.63, 3.8) is 0 Å². The number of anilines is 1. The number of rotatable bonds is 3. The SMILES string of the molecule is COc1ccc2c(n1)CCN(C(=O)OC(C)(C)C)[C@H]2C(=O)Nc1cc(F)c2c(c1)CCC2(C)C. The lowest BCUT2D eigenvalue weighted by Crippen LogP contribution is -2.47. The van der Waals surface area contributed by atoms with E-state index in [4.69, 9.17) is 9.47 Å². The fourth-order valence-corrected chi connectivity index (χ4v) is 4.85. The number of carbonyl (C=O) groups excluding carboxylic acids is 2. The molecule has 1 aliphatic carbocycles. The number of aryl methyl sites for hydroxylation is 1. The summed E-state index contributed by atoms with van der Waals surface area (Å²) in [6.45, 7) is 9.64. The number of aromatic nitrogens is 1. The summed E-state index contributed by atoms with van der Waals surface area (Å²) in [5.74, 6) is -0.336. The number of nitrogens with zero attached hydrogens (tertiary/aromatic N) is 2. The van der Waals surface area contributed by atoms with Crippen molar-refractivity contribution in [3.8, 4) is 5.88 Å². The largest absolute Gasteiger partial charge is 0.481 e. The lowest BCUT2D eigenvalue weighted by Gasteiger charge is -2.36. The third-order valence-electron chi connectivity index (χ3n) is 6.40. The summed E-state index contributed by atoms with van der Waals surface area (Å²) in [7, 11) is 1.53. The Balaban J connectivity index is 1.68. The van der Waals surface area contributed by atoms with Crippen molar-refractivity contribution in [1.82, 2.24) is 9.88 Å². The quantitative estimate of drug-likeness (QED) is 0.690. The summed E-state index contributed by atoms with van der Waals surface area (Å²) in [5.41, 5.74) is 2.31. The summed E-state index contributed by atoms with van der Waals surface area (Å²) in [6, 6.07) is 5.63. The van der Waals surface area contributed by atoms with Gasteiger partial charge < -0.3 is 14.8 Å². The highest BCUT2D eigenvalue weighted by Gasteiger charge is 2.39. The second kappa shape index (κ2) is 8.56. The average Bonchev–Trinajstić information content (AvgIpc) is 3.05. The topological polar surface area (TPSA) is 80.8 Å². The van der Waals surface area contributed by atoms with Gasteiger partial charge in [-0.05, 0) is 68.4 Å². The fourth-order valence-electron chi connectivity index (χ4n) is 4.85. The first-order valence-corrected chi connectivity index (χ1v) is 11.6. The van der Waals surface area contributed by atoms with E-state index in [1.807, 2.05) is 19.9 Å². The molecule has 0 radical (unpaired) electrons. The van der Waals surface area contributed by atoms with Crippen molar-refractivity contribution < 1.29 is 23.5 Å². The van der Waals surface area contributed by atoms with E-state index in [1.165, 1.54) is 18.1 Å². The minimum atomic E-state index is -0.968. The van der Waals surface area contributed by atoms with E-state index in [9.17, 15) is 14.0 Å². The molecule has 1 aliphatic heterocycles. The Morgan fingerprint density at radius 2 is 1.94 bits per heavy atom. The van der Waals surface area contributed by atoms with Crippen LogP contribution in [0.3, 0.4) is 0 Å². The van der Waals surface area contributed by atoms with Gasteiger partial charge in [-0.2, -0.15) is 0 Å². The van der Waals surface area contributed by atoms with Crippen molar-refractivity contribution in [2.24, 2.45) is 0 Å². The van der Waals surface area contributed by atoms with Gasteiger partial charge >= 0.3 is 6.09 Å². The number of ether oxygens (including phenoxy) is 2. The van der Waals surface area contributed by atoms with Crippen LogP contribution >= 0.6 is 0 Å². The molecule has 8 heteroatoms. The van der Waals surface area contributed by atoms with Crippen molar-refractivity contribution >= 4 is 17.7 Å². The molecule has 0 fully saturated rings. The Morgan fingerprint density at radius 3 is 2.62 bits per heavy atom. The third kappa shape index (κ3) is 4.58. The van der Waals surface area contributed by atoms with Gasteiger partial charge in [0, 0.05) is 30.3 Å². The molecule has 1 atom stereocenters. The van der Waals surface area contributed by atoms with E-state index in [-0.39, 0.29) is 17.8 Å².